The Labute approximate surface area is 138 Å². The van der Waals surface area contributed by atoms with Crippen molar-refractivity contribution in [3.8, 4) is 0 Å². The molecule has 0 N–H and O–H groups in total. The Balaban J connectivity index is 2.01. The monoisotopic (exact) mass is 330 g/mol. The molecule has 1 aliphatic carbocycles. The summed E-state index contributed by atoms with van der Waals surface area (Å²) in [4.78, 5) is 29.5. The van der Waals surface area contributed by atoms with E-state index in [1.165, 1.54) is 13.0 Å². The van der Waals surface area contributed by atoms with Gasteiger partial charge in [0.25, 0.3) is 5.56 Å². The quantitative estimate of drug-likeness (QED) is 0.810. The molecule has 2 heterocycles. The highest BCUT2D eigenvalue weighted by Crippen LogP contribution is 2.38. The topological polar surface area (TPSA) is 61.2 Å². The molecule has 1 atom stereocenters. The molecule has 6 heteroatoms. The van der Waals surface area contributed by atoms with Crippen molar-refractivity contribution in [2.75, 3.05) is 6.61 Å². The lowest BCUT2D eigenvalue weighted by Crippen LogP contribution is -2.29. The van der Waals surface area contributed by atoms with Gasteiger partial charge in [0.15, 0.2) is 5.78 Å². The second-order valence-electron chi connectivity index (χ2n) is 6.64. The van der Waals surface area contributed by atoms with Crippen molar-refractivity contribution < 1.29 is 13.9 Å². The first-order chi connectivity index (χ1) is 11.6. The number of fused-ring (bicyclic) bond motifs is 1. The summed E-state index contributed by atoms with van der Waals surface area (Å²) in [5.74, 6) is -0.300. The minimum Gasteiger partial charge on any atom is -0.370 e. The maximum absolute atomic E-state index is 13.9. The fourth-order valence-electron chi connectivity index (χ4n) is 3.41. The van der Waals surface area contributed by atoms with Crippen molar-refractivity contribution in [2.24, 2.45) is 0 Å². The summed E-state index contributed by atoms with van der Waals surface area (Å²) in [6.07, 6.45) is 4.43. The fourth-order valence-corrected chi connectivity index (χ4v) is 3.41. The van der Waals surface area contributed by atoms with Gasteiger partial charge in [0, 0.05) is 18.2 Å². The summed E-state index contributed by atoms with van der Waals surface area (Å²) in [5, 5.41) is 0.173. The van der Waals surface area contributed by atoms with Gasteiger partial charge < -0.3 is 4.74 Å². The SMILES string of the molecule is CC(=O)c1cc(F)cc2c(=O)n(C3CC3)c([C@@H]3CCCCO3)nc12. The molecule has 2 fully saturated rings. The number of halogens is 1. The normalized spacial score (nSPS) is 21.2. The molecule has 2 aromatic rings. The van der Waals surface area contributed by atoms with Crippen LogP contribution in [0.15, 0.2) is 16.9 Å². The maximum atomic E-state index is 13.9. The zero-order valence-electron chi connectivity index (χ0n) is 13.5. The van der Waals surface area contributed by atoms with Crippen molar-refractivity contribution >= 4 is 16.7 Å². The largest absolute Gasteiger partial charge is 0.370 e. The molecule has 1 aromatic carbocycles. The number of hydrogen-bond donors (Lipinski definition) is 0. The second kappa shape index (κ2) is 5.77. The van der Waals surface area contributed by atoms with Gasteiger partial charge >= 0.3 is 0 Å². The third kappa shape index (κ3) is 2.55. The summed E-state index contributed by atoms with van der Waals surface area (Å²) < 4.78 is 21.4. The number of Topliss-reactive ketones (excluding diaryl/α,β-unsaturated/α-hetero) is 1. The van der Waals surface area contributed by atoms with Crippen LogP contribution >= 0.6 is 0 Å². The van der Waals surface area contributed by atoms with Crippen molar-refractivity contribution in [1.82, 2.24) is 9.55 Å². The van der Waals surface area contributed by atoms with Gasteiger partial charge in [0.05, 0.1) is 10.9 Å². The molecule has 0 spiro atoms. The molecule has 1 saturated heterocycles. The molecule has 0 radical (unpaired) electrons. The third-order valence-electron chi connectivity index (χ3n) is 4.76. The number of benzene rings is 1. The van der Waals surface area contributed by atoms with E-state index >= 15 is 0 Å². The molecule has 1 aliphatic heterocycles. The number of nitrogens with zero attached hydrogens (tertiary/aromatic N) is 2. The van der Waals surface area contributed by atoms with Crippen LogP contribution in [0.3, 0.4) is 0 Å². The molecule has 0 bridgehead atoms. The fraction of sp³-hybridized carbons (Fsp3) is 0.500. The van der Waals surface area contributed by atoms with Crippen molar-refractivity contribution in [2.45, 2.75) is 51.2 Å². The predicted molar refractivity (Wildman–Crippen MR) is 86.8 cm³/mol. The smallest absolute Gasteiger partial charge is 0.261 e. The van der Waals surface area contributed by atoms with Crippen LogP contribution in [0.4, 0.5) is 4.39 Å². The van der Waals surface area contributed by atoms with Gasteiger partial charge in [-0.05, 0) is 51.2 Å². The third-order valence-corrected chi connectivity index (χ3v) is 4.76. The maximum Gasteiger partial charge on any atom is 0.261 e. The van der Waals surface area contributed by atoms with Gasteiger partial charge in [-0.25, -0.2) is 9.37 Å². The van der Waals surface area contributed by atoms with Gasteiger partial charge in [0.1, 0.15) is 17.7 Å². The van der Waals surface area contributed by atoms with E-state index in [0.29, 0.717) is 12.4 Å². The molecule has 2 aliphatic rings. The van der Waals surface area contributed by atoms with Gasteiger partial charge in [-0.15, -0.1) is 0 Å². The van der Waals surface area contributed by atoms with Crippen molar-refractivity contribution in [1.29, 1.82) is 0 Å². The highest BCUT2D eigenvalue weighted by atomic mass is 19.1. The minimum absolute atomic E-state index is 0.110. The van der Waals surface area contributed by atoms with E-state index in [9.17, 15) is 14.0 Å². The molecule has 1 saturated carbocycles. The lowest BCUT2D eigenvalue weighted by molar-refractivity contribution is 0.00660. The lowest BCUT2D eigenvalue weighted by atomic mass is 10.0. The zero-order valence-corrected chi connectivity index (χ0v) is 13.5. The summed E-state index contributed by atoms with van der Waals surface area (Å²) in [6.45, 7) is 2.01. The van der Waals surface area contributed by atoms with Crippen LogP contribution in [0, 0.1) is 5.82 Å². The summed E-state index contributed by atoms with van der Waals surface area (Å²) >= 11 is 0. The van der Waals surface area contributed by atoms with Gasteiger partial charge in [-0.2, -0.15) is 0 Å². The Kier molecular flexibility index (Phi) is 3.72. The number of carbonyl (C=O) groups is 1. The Morgan fingerprint density at radius 3 is 2.71 bits per heavy atom. The van der Waals surface area contributed by atoms with Crippen LogP contribution < -0.4 is 5.56 Å². The summed E-state index contributed by atoms with van der Waals surface area (Å²) in [5.41, 5.74) is 0.172. The number of ether oxygens (including phenoxy) is 1. The molecule has 0 amide bonds. The number of hydrogen-bond acceptors (Lipinski definition) is 4. The van der Waals surface area contributed by atoms with Gasteiger partial charge in [-0.3, -0.25) is 14.2 Å². The highest BCUT2D eigenvalue weighted by Gasteiger charge is 2.32. The van der Waals surface area contributed by atoms with Crippen LogP contribution in [-0.2, 0) is 4.74 Å². The van der Waals surface area contributed by atoms with Crippen LogP contribution in [-0.4, -0.2) is 21.9 Å². The molecular formula is C18H19FN2O3. The number of rotatable bonds is 3. The predicted octanol–water partition coefficient (Wildman–Crippen LogP) is 3.31. The Morgan fingerprint density at radius 1 is 1.29 bits per heavy atom. The van der Waals surface area contributed by atoms with Gasteiger partial charge in [0.2, 0.25) is 0 Å². The summed E-state index contributed by atoms with van der Waals surface area (Å²) in [7, 11) is 0. The molecule has 5 nitrogen and oxygen atoms in total. The summed E-state index contributed by atoms with van der Waals surface area (Å²) in [6, 6.07) is 2.45. The van der Waals surface area contributed by atoms with Crippen LogP contribution in [0.1, 0.15) is 67.4 Å². The average Bonchev–Trinajstić information content (AvgIpc) is 3.40. The Bertz CT molecular complexity index is 880. The van der Waals surface area contributed by atoms with E-state index in [4.69, 9.17) is 4.74 Å². The Morgan fingerprint density at radius 2 is 2.08 bits per heavy atom. The zero-order chi connectivity index (χ0) is 16.8. The average molecular weight is 330 g/mol. The van der Waals surface area contributed by atoms with E-state index in [2.05, 4.69) is 4.98 Å². The molecular weight excluding hydrogens is 311 g/mol. The number of carbonyl (C=O) groups excluding carboxylic acids is 1. The van der Waals surface area contributed by atoms with E-state index in [1.807, 2.05) is 0 Å². The highest BCUT2D eigenvalue weighted by molar-refractivity contribution is 6.05. The van der Waals surface area contributed by atoms with Gasteiger partial charge in [-0.1, -0.05) is 0 Å². The van der Waals surface area contributed by atoms with Crippen molar-refractivity contribution in [3.05, 3.63) is 39.7 Å². The van der Waals surface area contributed by atoms with E-state index < -0.39 is 5.82 Å². The first kappa shape index (κ1) is 15.4. The van der Waals surface area contributed by atoms with E-state index in [0.717, 1.165) is 38.2 Å². The first-order valence-corrected chi connectivity index (χ1v) is 8.44. The molecule has 126 valence electrons. The van der Waals surface area contributed by atoms with E-state index in [1.54, 1.807) is 4.57 Å². The first-order valence-electron chi connectivity index (χ1n) is 8.44. The molecule has 4 rings (SSSR count). The lowest BCUT2D eigenvalue weighted by Gasteiger charge is -2.25. The number of aromatic nitrogens is 2. The number of ketones is 1. The standard InChI is InChI=1S/C18H19FN2O3/c1-10(22)13-8-11(19)9-14-16(13)20-17(15-4-2-3-7-24-15)21(18(14)23)12-5-6-12/h8-9,12,15H,2-7H2,1H3/t15-/m0/s1. The van der Waals surface area contributed by atoms with Crippen LogP contribution in [0.5, 0.6) is 0 Å². The molecule has 24 heavy (non-hydrogen) atoms. The minimum atomic E-state index is -0.587. The van der Waals surface area contributed by atoms with E-state index in [-0.39, 0.29) is 40.0 Å². The van der Waals surface area contributed by atoms with Crippen molar-refractivity contribution in [3.63, 3.8) is 0 Å². The second-order valence-corrected chi connectivity index (χ2v) is 6.64. The molecule has 1 aromatic heterocycles. The molecule has 0 unspecified atom stereocenters. The van der Waals surface area contributed by atoms with Crippen LogP contribution in [0.2, 0.25) is 0 Å². The Hall–Kier alpha value is -2.08. The van der Waals surface area contributed by atoms with Crippen LogP contribution in [0.25, 0.3) is 10.9 Å².